The van der Waals surface area contributed by atoms with E-state index in [9.17, 15) is 14.7 Å². The van der Waals surface area contributed by atoms with Crippen molar-refractivity contribution < 1.29 is 14.7 Å². The first-order valence-electron chi connectivity index (χ1n) is 8.11. The Balaban J connectivity index is 1.68. The second-order valence-electron chi connectivity index (χ2n) is 6.98. The van der Waals surface area contributed by atoms with Crippen molar-refractivity contribution in [3.63, 3.8) is 0 Å². The first-order chi connectivity index (χ1) is 9.59. The van der Waals surface area contributed by atoms with Gasteiger partial charge in [-0.25, -0.2) is 0 Å². The Bertz CT molecular complexity index is 408. The Morgan fingerprint density at radius 1 is 1.25 bits per heavy atom. The molecule has 1 N–H and O–H groups in total. The van der Waals surface area contributed by atoms with E-state index in [4.69, 9.17) is 0 Å². The quantitative estimate of drug-likeness (QED) is 0.860. The highest BCUT2D eigenvalue weighted by molar-refractivity contribution is 5.84. The number of rotatable bonds is 4. The Morgan fingerprint density at radius 3 is 2.55 bits per heavy atom. The molecule has 20 heavy (non-hydrogen) atoms. The smallest absolute Gasteiger partial charge is 0.311 e. The molecule has 4 heteroatoms. The van der Waals surface area contributed by atoms with Crippen LogP contribution in [-0.2, 0) is 9.59 Å². The van der Waals surface area contributed by atoms with Gasteiger partial charge in [-0.1, -0.05) is 19.8 Å². The highest BCUT2D eigenvalue weighted by Gasteiger charge is 2.58. The van der Waals surface area contributed by atoms with Crippen LogP contribution in [0.5, 0.6) is 0 Å². The number of aliphatic carboxylic acids is 1. The molecule has 112 valence electrons. The van der Waals surface area contributed by atoms with E-state index in [2.05, 4.69) is 0 Å². The molecule has 3 aliphatic rings. The van der Waals surface area contributed by atoms with Gasteiger partial charge in [-0.3, -0.25) is 9.59 Å². The second kappa shape index (κ2) is 5.05. The average Bonchev–Trinajstić information content (AvgIpc) is 2.90. The van der Waals surface area contributed by atoms with Gasteiger partial charge < -0.3 is 10.0 Å². The normalized spacial score (nSPS) is 39.5. The fourth-order valence-electron chi connectivity index (χ4n) is 4.68. The summed E-state index contributed by atoms with van der Waals surface area (Å²) >= 11 is 0. The lowest BCUT2D eigenvalue weighted by molar-refractivity contribution is -0.156. The van der Waals surface area contributed by atoms with E-state index in [1.807, 2.05) is 11.8 Å². The molecule has 0 spiro atoms. The minimum absolute atomic E-state index is 0.231. The number of likely N-dealkylation sites (tertiary alicyclic amines) is 1. The van der Waals surface area contributed by atoms with Crippen LogP contribution in [0.1, 0.15) is 51.9 Å². The summed E-state index contributed by atoms with van der Waals surface area (Å²) in [5, 5.41) is 9.60. The molecule has 0 aromatic heterocycles. The molecule has 0 aromatic rings. The van der Waals surface area contributed by atoms with E-state index in [1.54, 1.807) is 0 Å². The lowest BCUT2D eigenvalue weighted by Gasteiger charge is -2.40. The maximum Gasteiger partial charge on any atom is 0.311 e. The van der Waals surface area contributed by atoms with E-state index >= 15 is 0 Å². The van der Waals surface area contributed by atoms with Gasteiger partial charge in [0, 0.05) is 19.0 Å². The van der Waals surface area contributed by atoms with Crippen LogP contribution >= 0.6 is 0 Å². The van der Waals surface area contributed by atoms with Crippen LogP contribution in [0.4, 0.5) is 0 Å². The number of carboxylic acid groups (broad SMARTS) is 1. The molecular weight excluding hydrogens is 254 g/mol. The Labute approximate surface area is 120 Å². The fourth-order valence-corrected chi connectivity index (χ4v) is 4.68. The third-order valence-electron chi connectivity index (χ3n) is 5.76. The highest BCUT2D eigenvalue weighted by atomic mass is 16.4. The fraction of sp³-hybridized carbons (Fsp3) is 0.875. The Kier molecular flexibility index (Phi) is 3.51. The van der Waals surface area contributed by atoms with Crippen molar-refractivity contribution in [3.8, 4) is 0 Å². The molecule has 1 saturated heterocycles. The largest absolute Gasteiger partial charge is 0.481 e. The number of fused-ring (bicyclic) bond motifs is 1. The van der Waals surface area contributed by atoms with Gasteiger partial charge in [-0.15, -0.1) is 0 Å². The molecule has 3 unspecified atom stereocenters. The standard InChI is InChI=1S/C16H25NO3/c1-2-7-16(15(19)20)8-4-9-17(10-16)14(18)13-11-5-3-6-12(11)13/h11-13H,2-10H2,1H3,(H,19,20). The summed E-state index contributed by atoms with van der Waals surface area (Å²) in [6, 6.07) is 0. The Hall–Kier alpha value is -1.06. The summed E-state index contributed by atoms with van der Waals surface area (Å²) in [6.07, 6.45) is 6.78. The predicted molar refractivity (Wildman–Crippen MR) is 75.1 cm³/mol. The molecule has 4 nitrogen and oxygen atoms in total. The SMILES string of the molecule is CCCC1(C(=O)O)CCCN(C(=O)C2C3CCCC32)C1. The van der Waals surface area contributed by atoms with Gasteiger partial charge in [0.1, 0.15) is 0 Å². The Morgan fingerprint density at radius 2 is 1.95 bits per heavy atom. The third kappa shape index (κ3) is 2.13. The number of amides is 1. The summed E-state index contributed by atoms with van der Waals surface area (Å²) in [7, 11) is 0. The van der Waals surface area contributed by atoms with Crippen LogP contribution in [0.3, 0.4) is 0 Å². The van der Waals surface area contributed by atoms with Crippen LogP contribution in [0.15, 0.2) is 0 Å². The molecule has 2 aliphatic carbocycles. The molecule has 3 fully saturated rings. The van der Waals surface area contributed by atoms with Crippen LogP contribution < -0.4 is 0 Å². The zero-order valence-corrected chi connectivity index (χ0v) is 12.3. The van der Waals surface area contributed by atoms with Gasteiger partial charge in [0.2, 0.25) is 5.91 Å². The summed E-state index contributed by atoms with van der Waals surface area (Å²) in [5.41, 5.74) is -0.688. The number of carboxylic acids is 1. The van der Waals surface area contributed by atoms with Gasteiger partial charge in [0.25, 0.3) is 0 Å². The molecule has 1 amide bonds. The monoisotopic (exact) mass is 279 g/mol. The van der Waals surface area contributed by atoms with Gasteiger partial charge >= 0.3 is 5.97 Å². The lowest BCUT2D eigenvalue weighted by Crippen LogP contribution is -2.50. The van der Waals surface area contributed by atoms with Gasteiger partial charge in [0.05, 0.1) is 5.41 Å². The van der Waals surface area contributed by atoms with E-state index in [1.165, 1.54) is 19.3 Å². The average molecular weight is 279 g/mol. The van der Waals surface area contributed by atoms with Gasteiger partial charge in [-0.2, -0.15) is 0 Å². The van der Waals surface area contributed by atoms with E-state index < -0.39 is 11.4 Å². The maximum absolute atomic E-state index is 12.6. The first-order valence-corrected chi connectivity index (χ1v) is 8.11. The number of piperidine rings is 1. The van der Waals surface area contributed by atoms with Crippen molar-refractivity contribution in [1.29, 1.82) is 0 Å². The summed E-state index contributed by atoms with van der Waals surface area (Å²) < 4.78 is 0. The minimum atomic E-state index is -0.715. The second-order valence-corrected chi connectivity index (χ2v) is 6.98. The number of carbonyl (C=O) groups excluding carboxylic acids is 1. The molecular formula is C16H25NO3. The number of hydrogen-bond acceptors (Lipinski definition) is 2. The maximum atomic E-state index is 12.6. The van der Waals surface area contributed by atoms with E-state index in [0.29, 0.717) is 24.8 Å². The van der Waals surface area contributed by atoms with Crippen LogP contribution in [0.2, 0.25) is 0 Å². The van der Waals surface area contributed by atoms with Gasteiger partial charge in [0.15, 0.2) is 0 Å². The molecule has 0 bridgehead atoms. The third-order valence-corrected chi connectivity index (χ3v) is 5.76. The van der Waals surface area contributed by atoms with Crippen LogP contribution in [0, 0.1) is 23.2 Å². The lowest BCUT2D eigenvalue weighted by atomic mass is 9.76. The van der Waals surface area contributed by atoms with Crippen molar-refractivity contribution in [2.24, 2.45) is 23.2 Å². The zero-order valence-electron chi connectivity index (χ0n) is 12.3. The van der Waals surface area contributed by atoms with Crippen molar-refractivity contribution in [3.05, 3.63) is 0 Å². The van der Waals surface area contributed by atoms with Crippen molar-refractivity contribution in [2.45, 2.75) is 51.9 Å². The van der Waals surface area contributed by atoms with Gasteiger partial charge in [-0.05, 0) is 43.9 Å². The van der Waals surface area contributed by atoms with E-state index in [-0.39, 0.29) is 11.8 Å². The molecule has 0 aromatic carbocycles. The van der Waals surface area contributed by atoms with Crippen molar-refractivity contribution >= 4 is 11.9 Å². The molecule has 0 radical (unpaired) electrons. The molecule has 3 atom stereocenters. The first kappa shape index (κ1) is 13.9. The van der Waals surface area contributed by atoms with Crippen molar-refractivity contribution in [1.82, 2.24) is 4.90 Å². The zero-order chi connectivity index (χ0) is 14.3. The highest BCUT2D eigenvalue weighted by Crippen LogP contribution is 2.58. The predicted octanol–water partition coefficient (Wildman–Crippen LogP) is 2.53. The molecule has 2 saturated carbocycles. The van der Waals surface area contributed by atoms with Crippen LogP contribution in [-0.4, -0.2) is 35.0 Å². The number of nitrogens with zero attached hydrogens (tertiary/aromatic N) is 1. The summed E-state index contributed by atoms with van der Waals surface area (Å²) in [4.78, 5) is 26.2. The summed E-state index contributed by atoms with van der Waals surface area (Å²) in [6.45, 7) is 3.22. The molecule has 3 rings (SSSR count). The van der Waals surface area contributed by atoms with Crippen molar-refractivity contribution in [2.75, 3.05) is 13.1 Å². The topological polar surface area (TPSA) is 57.6 Å². The minimum Gasteiger partial charge on any atom is -0.481 e. The van der Waals surface area contributed by atoms with E-state index in [0.717, 1.165) is 25.8 Å². The summed E-state index contributed by atoms with van der Waals surface area (Å²) in [5.74, 6) is 1.01. The number of hydrogen-bond donors (Lipinski definition) is 1. The van der Waals surface area contributed by atoms with Crippen LogP contribution in [0.25, 0.3) is 0 Å². The molecule has 1 aliphatic heterocycles. The molecule has 1 heterocycles. The number of carbonyl (C=O) groups is 2.